The molecule has 0 atom stereocenters. The summed E-state index contributed by atoms with van der Waals surface area (Å²) in [4.78, 5) is 1.07. The highest BCUT2D eigenvalue weighted by Crippen LogP contribution is 2.22. The molecule has 0 aliphatic heterocycles. The second kappa shape index (κ2) is 6.96. The number of nitrogens with one attached hydrogen (secondary N) is 1. The molecular formula is C15H17N3O2S3. The maximum atomic E-state index is 12.2. The first kappa shape index (κ1) is 16.4. The van der Waals surface area contributed by atoms with Gasteiger partial charge in [0.1, 0.15) is 4.21 Å². The number of aryl methyl sites for hydroxylation is 1. The van der Waals surface area contributed by atoms with Crippen LogP contribution in [0.5, 0.6) is 0 Å². The van der Waals surface area contributed by atoms with Gasteiger partial charge in [-0.3, -0.25) is 4.68 Å². The van der Waals surface area contributed by atoms with Gasteiger partial charge < -0.3 is 0 Å². The van der Waals surface area contributed by atoms with Crippen molar-refractivity contribution in [2.45, 2.75) is 24.1 Å². The lowest BCUT2D eigenvalue weighted by Gasteiger charge is -2.05. The quantitative estimate of drug-likeness (QED) is 0.697. The smallest absolute Gasteiger partial charge is 0.250 e. The Morgan fingerprint density at radius 1 is 1.26 bits per heavy atom. The van der Waals surface area contributed by atoms with Gasteiger partial charge in [0.25, 0.3) is 0 Å². The standard InChI is InChI=1S/C15H17N3O2S3/c1-2-13-3-4-15(22-13)23(19,20)16-7-9-18-8-5-14(17-18)12-6-10-21-11-12/h3-6,8,10-11,16H,2,7,9H2,1H3. The van der Waals surface area contributed by atoms with Crippen molar-refractivity contribution in [1.82, 2.24) is 14.5 Å². The van der Waals surface area contributed by atoms with E-state index in [1.807, 2.05) is 42.1 Å². The lowest BCUT2D eigenvalue weighted by Crippen LogP contribution is -2.27. The SMILES string of the molecule is CCc1ccc(S(=O)(=O)NCCn2ccc(-c3ccsc3)n2)s1. The van der Waals surface area contributed by atoms with Crippen molar-refractivity contribution in [2.24, 2.45) is 0 Å². The summed E-state index contributed by atoms with van der Waals surface area (Å²) in [6.45, 7) is 2.82. The van der Waals surface area contributed by atoms with Gasteiger partial charge in [-0.25, -0.2) is 13.1 Å². The van der Waals surface area contributed by atoms with Crippen molar-refractivity contribution < 1.29 is 8.42 Å². The highest BCUT2D eigenvalue weighted by molar-refractivity contribution is 7.91. The number of hydrogen-bond acceptors (Lipinski definition) is 5. The van der Waals surface area contributed by atoms with E-state index in [9.17, 15) is 8.42 Å². The van der Waals surface area contributed by atoms with Crippen LogP contribution in [0.1, 0.15) is 11.8 Å². The number of sulfonamides is 1. The van der Waals surface area contributed by atoms with Gasteiger partial charge in [-0.05, 0) is 36.1 Å². The van der Waals surface area contributed by atoms with Crippen LogP contribution in [0.4, 0.5) is 0 Å². The third-order valence-electron chi connectivity index (χ3n) is 3.34. The Morgan fingerprint density at radius 2 is 2.13 bits per heavy atom. The van der Waals surface area contributed by atoms with Crippen LogP contribution in [-0.2, 0) is 23.0 Å². The fraction of sp³-hybridized carbons (Fsp3) is 0.267. The molecule has 0 aromatic carbocycles. The van der Waals surface area contributed by atoms with Gasteiger partial charge in [-0.2, -0.15) is 16.4 Å². The first-order chi connectivity index (χ1) is 11.1. The number of thiophene rings is 2. The second-order valence-electron chi connectivity index (χ2n) is 4.95. The fourth-order valence-electron chi connectivity index (χ4n) is 2.11. The van der Waals surface area contributed by atoms with Crippen LogP contribution in [0.2, 0.25) is 0 Å². The third-order valence-corrected chi connectivity index (χ3v) is 7.21. The Balaban J connectivity index is 1.58. The summed E-state index contributed by atoms with van der Waals surface area (Å²) in [6.07, 6.45) is 2.71. The molecule has 1 N–H and O–H groups in total. The van der Waals surface area contributed by atoms with Crippen LogP contribution in [0.3, 0.4) is 0 Å². The van der Waals surface area contributed by atoms with Crippen molar-refractivity contribution in [3.8, 4) is 11.3 Å². The molecule has 0 amide bonds. The molecule has 3 aromatic heterocycles. The molecule has 0 aliphatic carbocycles. The van der Waals surface area contributed by atoms with E-state index in [1.165, 1.54) is 11.3 Å². The zero-order valence-electron chi connectivity index (χ0n) is 12.6. The molecule has 0 aliphatic rings. The minimum Gasteiger partial charge on any atom is -0.271 e. The van der Waals surface area contributed by atoms with Crippen molar-refractivity contribution in [3.63, 3.8) is 0 Å². The van der Waals surface area contributed by atoms with E-state index in [4.69, 9.17) is 0 Å². The van der Waals surface area contributed by atoms with Gasteiger partial charge in [-0.15, -0.1) is 11.3 Å². The summed E-state index contributed by atoms with van der Waals surface area (Å²) in [5.41, 5.74) is 1.99. The Morgan fingerprint density at radius 3 is 2.83 bits per heavy atom. The van der Waals surface area contributed by atoms with Gasteiger partial charge in [0.15, 0.2) is 0 Å². The average molecular weight is 368 g/mol. The van der Waals surface area contributed by atoms with Crippen molar-refractivity contribution in [3.05, 3.63) is 46.1 Å². The maximum absolute atomic E-state index is 12.2. The summed E-state index contributed by atoms with van der Waals surface area (Å²) in [6, 6.07) is 7.47. The molecule has 0 bridgehead atoms. The van der Waals surface area contributed by atoms with Gasteiger partial charge >= 0.3 is 0 Å². The lowest BCUT2D eigenvalue weighted by atomic mass is 10.2. The Kier molecular flexibility index (Phi) is 4.96. The minimum atomic E-state index is -3.43. The second-order valence-corrected chi connectivity index (χ2v) is 8.89. The van der Waals surface area contributed by atoms with Gasteiger partial charge in [0, 0.05) is 28.6 Å². The predicted octanol–water partition coefficient (Wildman–Crippen LogP) is 3.21. The van der Waals surface area contributed by atoms with Crippen LogP contribution in [-0.4, -0.2) is 24.7 Å². The van der Waals surface area contributed by atoms with Crippen LogP contribution in [0, 0.1) is 0 Å². The molecule has 0 fully saturated rings. The topological polar surface area (TPSA) is 64.0 Å². The molecule has 3 rings (SSSR count). The van der Waals surface area contributed by atoms with Crippen molar-refractivity contribution in [2.75, 3.05) is 6.54 Å². The normalized spacial score (nSPS) is 11.9. The highest BCUT2D eigenvalue weighted by Gasteiger charge is 2.16. The first-order valence-electron chi connectivity index (χ1n) is 7.23. The lowest BCUT2D eigenvalue weighted by molar-refractivity contribution is 0.563. The van der Waals surface area contributed by atoms with E-state index in [0.717, 1.165) is 22.6 Å². The van der Waals surface area contributed by atoms with E-state index in [0.29, 0.717) is 17.3 Å². The molecule has 0 spiro atoms. The van der Waals surface area contributed by atoms with E-state index in [1.54, 1.807) is 22.1 Å². The first-order valence-corrected chi connectivity index (χ1v) is 10.5. The van der Waals surface area contributed by atoms with E-state index in [-0.39, 0.29) is 0 Å². The molecule has 23 heavy (non-hydrogen) atoms. The van der Waals surface area contributed by atoms with Crippen LogP contribution in [0.15, 0.2) is 45.4 Å². The zero-order chi connectivity index (χ0) is 16.3. The monoisotopic (exact) mass is 367 g/mol. The molecule has 3 heterocycles. The maximum Gasteiger partial charge on any atom is 0.250 e. The summed E-state index contributed by atoms with van der Waals surface area (Å²) in [5, 5.41) is 8.50. The Labute approximate surface area is 143 Å². The summed E-state index contributed by atoms with van der Waals surface area (Å²) in [5.74, 6) is 0. The number of aromatic nitrogens is 2. The molecule has 8 heteroatoms. The van der Waals surface area contributed by atoms with Crippen LogP contribution >= 0.6 is 22.7 Å². The zero-order valence-corrected chi connectivity index (χ0v) is 15.0. The van der Waals surface area contributed by atoms with E-state index >= 15 is 0 Å². The molecule has 3 aromatic rings. The molecule has 0 saturated heterocycles. The van der Waals surface area contributed by atoms with Crippen molar-refractivity contribution >= 4 is 32.7 Å². The third kappa shape index (κ3) is 3.89. The Bertz CT molecular complexity index is 864. The van der Waals surface area contributed by atoms with Gasteiger partial charge in [-0.1, -0.05) is 6.92 Å². The minimum absolute atomic E-state index is 0.312. The largest absolute Gasteiger partial charge is 0.271 e. The molecule has 0 saturated carbocycles. The fourth-order valence-corrected chi connectivity index (χ4v) is 5.12. The number of rotatable bonds is 7. The van der Waals surface area contributed by atoms with Crippen molar-refractivity contribution in [1.29, 1.82) is 0 Å². The Hall–Kier alpha value is -1.48. The molecule has 0 radical (unpaired) electrons. The van der Waals surface area contributed by atoms with E-state index in [2.05, 4.69) is 9.82 Å². The number of hydrogen-bond donors (Lipinski definition) is 1. The van der Waals surface area contributed by atoms with Gasteiger partial charge in [0.05, 0.1) is 12.2 Å². The molecule has 5 nitrogen and oxygen atoms in total. The molecule has 0 unspecified atom stereocenters. The highest BCUT2D eigenvalue weighted by atomic mass is 32.2. The molecule has 122 valence electrons. The van der Waals surface area contributed by atoms with Gasteiger partial charge in [0.2, 0.25) is 10.0 Å². The van der Waals surface area contributed by atoms with Crippen LogP contribution < -0.4 is 4.72 Å². The number of nitrogens with zero attached hydrogens (tertiary/aromatic N) is 2. The summed E-state index contributed by atoms with van der Waals surface area (Å²) in [7, 11) is -3.43. The average Bonchev–Trinajstić information content (AvgIpc) is 3.27. The van der Waals surface area contributed by atoms with E-state index < -0.39 is 10.0 Å². The van der Waals surface area contributed by atoms with Crippen LogP contribution in [0.25, 0.3) is 11.3 Å². The predicted molar refractivity (Wildman–Crippen MR) is 94.4 cm³/mol. The summed E-state index contributed by atoms with van der Waals surface area (Å²) >= 11 is 2.94. The molecular weight excluding hydrogens is 350 g/mol. The summed E-state index contributed by atoms with van der Waals surface area (Å²) < 4.78 is 29.2.